The van der Waals surface area contributed by atoms with Gasteiger partial charge < -0.3 is 5.43 Å². The number of nitrogens with one attached hydrogen (secondary N) is 1. The Morgan fingerprint density at radius 1 is 1.20 bits per heavy atom. The monoisotopic (exact) mass is 293 g/mol. The molecule has 0 saturated carbocycles. The van der Waals surface area contributed by atoms with Gasteiger partial charge in [-0.1, -0.05) is 12.1 Å². The van der Waals surface area contributed by atoms with Crippen LogP contribution in [0, 0.1) is 13.8 Å². The summed E-state index contributed by atoms with van der Waals surface area (Å²) in [7, 11) is 0. The molecule has 2 rings (SSSR count). The van der Waals surface area contributed by atoms with Crippen molar-refractivity contribution in [1.82, 2.24) is 9.97 Å². The Balaban J connectivity index is 2.39. The predicted octanol–water partition coefficient (Wildman–Crippen LogP) is 1.88. The van der Waals surface area contributed by atoms with Crippen LogP contribution in [0.15, 0.2) is 29.2 Å². The molecule has 7 nitrogen and oxygen atoms in total. The second-order valence-corrected chi connectivity index (χ2v) is 4.80. The summed E-state index contributed by atoms with van der Waals surface area (Å²) in [5.74, 6) is 11.4. The molecule has 0 aliphatic heterocycles. The molecule has 0 aliphatic rings. The maximum atomic E-state index is 5.39. The Bertz CT molecular complexity index is 608. The van der Waals surface area contributed by atoms with E-state index in [1.54, 1.807) is 13.0 Å². The zero-order chi connectivity index (χ0) is 14.5. The first-order chi connectivity index (χ1) is 9.63. The first kappa shape index (κ1) is 14.7. The Hall–Kier alpha value is -1.71. The number of aromatic nitrogens is 2. The maximum absolute atomic E-state index is 5.39. The number of benzene rings is 1. The number of nitrogens with zero attached hydrogens (tertiary/aromatic N) is 2. The lowest BCUT2D eigenvalue weighted by atomic mass is 10.1. The summed E-state index contributed by atoms with van der Waals surface area (Å²) in [5, 5.41) is 0. The summed E-state index contributed by atoms with van der Waals surface area (Å²) in [6.45, 7) is 3.77. The second kappa shape index (κ2) is 6.64. The van der Waals surface area contributed by atoms with E-state index in [0.29, 0.717) is 11.6 Å². The fraction of sp³-hybridized carbons (Fsp3) is 0.167. The second-order valence-electron chi connectivity index (χ2n) is 4.06. The van der Waals surface area contributed by atoms with E-state index in [-0.39, 0.29) is 0 Å². The van der Waals surface area contributed by atoms with Crippen molar-refractivity contribution >= 4 is 17.9 Å². The molecule has 8 heteroatoms. The van der Waals surface area contributed by atoms with Crippen molar-refractivity contribution in [2.75, 3.05) is 5.43 Å². The Morgan fingerprint density at radius 2 is 2.00 bits per heavy atom. The third-order valence-electron chi connectivity index (χ3n) is 2.63. The highest BCUT2D eigenvalue weighted by atomic mass is 32.2. The quantitative estimate of drug-likeness (QED) is 0.332. The molecule has 1 heterocycles. The molecule has 1 aromatic carbocycles. The molecule has 20 heavy (non-hydrogen) atoms. The van der Waals surface area contributed by atoms with Crippen LogP contribution in [0.5, 0.6) is 0 Å². The molecule has 0 aliphatic carbocycles. The highest BCUT2D eigenvalue weighted by Gasteiger charge is 2.08. The van der Waals surface area contributed by atoms with Crippen molar-refractivity contribution in [3.63, 3.8) is 0 Å². The van der Waals surface area contributed by atoms with Crippen LogP contribution in [-0.4, -0.2) is 9.97 Å². The van der Waals surface area contributed by atoms with Gasteiger partial charge in [-0.2, -0.15) is 5.90 Å². The van der Waals surface area contributed by atoms with E-state index in [1.807, 2.05) is 25.1 Å². The summed E-state index contributed by atoms with van der Waals surface area (Å²) in [6.07, 6.45) is 0. The van der Waals surface area contributed by atoms with Crippen molar-refractivity contribution in [2.45, 2.75) is 18.7 Å². The number of nitrogens with two attached hydrogens (primary N) is 2. The lowest BCUT2D eigenvalue weighted by Crippen LogP contribution is -2.09. The number of hydrogen-bond acceptors (Lipinski definition) is 8. The topological polar surface area (TPSA) is 108 Å². The Kier molecular flexibility index (Phi) is 4.88. The standard InChI is InChI=1S/C12H15N5O2S/c1-7-3-4-9(5-11(7)20-19-18-14)10-6-12(17-13)16-8(2)15-10/h3-6H,13-14H2,1-2H3,(H,15,16,17). The number of anilines is 1. The molecule has 0 saturated heterocycles. The maximum Gasteiger partial charge on any atom is 0.144 e. The molecule has 0 atom stereocenters. The van der Waals surface area contributed by atoms with Crippen LogP contribution >= 0.6 is 12.0 Å². The lowest BCUT2D eigenvalue weighted by molar-refractivity contribution is -0.195. The van der Waals surface area contributed by atoms with E-state index in [0.717, 1.165) is 33.8 Å². The fourth-order valence-electron chi connectivity index (χ4n) is 1.70. The van der Waals surface area contributed by atoms with Crippen LogP contribution in [0.25, 0.3) is 11.3 Å². The van der Waals surface area contributed by atoms with Crippen LogP contribution in [0.4, 0.5) is 5.82 Å². The summed E-state index contributed by atoms with van der Waals surface area (Å²) in [4.78, 5) is 13.5. The van der Waals surface area contributed by atoms with Crippen molar-refractivity contribution in [3.05, 3.63) is 35.7 Å². The summed E-state index contributed by atoms with van der Waals surface area (Å²) in [6, 6.07) is 7.63. The van der Waals surface area contributed by atoms with Gasteiger partial charge in [0.05, 0.1) is 17.7 Å². The molecule has 5 N–H and O–H groups in total. The highest BCUT2D eigenvalue weighted by Crippen LogP contribution is 2.29. The van der Waals surface area contributed by atoms with E-state index >= 15 is 0 Å². The average molecular weight is 293 g/mol. The highest BCUT2D eigenvalue weighted by molar-refractivity contribution is 7.94. The molecule has 0 fully saturated rings. The van der Waals surface area contributed by atoms with E-state index in [4.69, 9.17) is 11.7 Å². The van der Waals surface area contributed by atoms with E-state index in [9.17, 15) is 0 Å². The average Bonchev–Trinajstić information content (AvgIpc) is 2.45. The largest absolute Gasteiger partial charge is 0.308 e. The van der Waals surface area contributed by atoms with Crippen LogP contribution in [0.2, 0.25) is 0 Å². The van der Waals surface area contributed by atoms with Crippen LogP contribution in [0.1, 0.15) is 11.4 Å². The summed E-state index contributed by atoms with van der Waals surface area (Å²) < 4.78 is 4.69. The smallest absolute Gasteiger partial charge is 0.144 e. The Labute approximate surface area is 120 Å². The SMILES string of the molecule is Cc1nc(NN)cc(-c2ccc(C)c(SOON)c2)n1. The molecule has 106 valence electrons. The van der Waals surface area contributed by atoms with Gasteiger partial charge in [0, 0.05) is 16.5 Å². The van der Waals surface area contributed by atoms with Gasteiger partial charge >= 0.3 is 0 Å². The first-order valence-electron chi connectivity index (χ1n) is 5.77. The molecule has 0 amide bonds. The van der Waals surface area contributed by atoms with E-state index < -0.39 is 0 Å². The van der Waals surface area contributed by atoms with Crippen molar-refractivity contribution in [3.8, 4) is 11.3 Å². The zero-order valence-electron chi connectivity index (χ0n) is 11.1. The summed E-state index contributed by atoms with van der Waals surface area (Å²) in [5.41, 5.74) is 5.24. The molecular formula is C12H15N5O2S. The molecular weight excluding hydrogens is 278 g/mol. The van der Waals surface area contributed by atoms with Gasteiger partial charge in [-0.25, -0.2) is 15.8 Å². The normalized spacial score (nSPS) is 10.6. The van der Waals surface area contributed by atoms with Gasteiger partial charge in [0.15, 0.2) is 0 Å². The van der Waals surface area contributed by atoms with Crippen LogP contribution in [-0.2, 0) is 9.32 Å². The molecule has 2 aromatic rings. The zero-order valence-corrected chi connectivity index (χ0v) is 11.9. The van der Waals surface area contributed by atoms with Crippen molar-refractivity contribution < 1.29 is 9.32 Å². The van der Waals surface area contributed by atoms with Crippen molar-refractivity contribution in [1.29, 1.82) is 0 Å². The van der Waals surface area contributed by atoms with Gasteiger partial charge in [0.2, 0.25) is 0 Å². The minimum absolute atomic E-state index is 0.559. The van der Waals surface area contributed by atoms with Crippen LogP contribution < -0.4 is 17.2 Å². The summed E-state index contributed by atoms with van der Waals surface area (Å²) >= 11 is 1.04. The first-order valence-corrected chi connectivity index (χ1v) is 6.51. The lowest BCUT2D eigenvalue weighted by Gasteiger charge is -2.08. The Morgan fingerprint density at radius 3 is 2.70 bits per heavy atom. The van der Waals surface area contributed by atoms with Gasteiger partial charge in [-0.3, -0.25) is 0 Å². The number of hydrazine groups is 1. The molecule has 0 spiro atoms. The van der Waals surface area contributed by atoms with Gasteiger partial charge in [0.25, 0.3) is 0 Å². The molecule has 0 bridgehead atoms. The number of hydrogen-bond donors (Lipinski definition) is 3. The van der Waals surface area contributed by atoms with E-state index in [1.165, 1.54) is 0 Å². The number of rotatable bonds is 5. The van der Waals surface area contributed by atoms with Gasteiger partial charge in [-0.15, -0.1) is 9.32 Å². The minimum Gasteiger partial charge on any atom is -0.308 e. The number of aryl methyl sites for hydroxylation is 2. The third-order valence-corrected chi connectivity index (χ3v) is 3.40. The van der Waals surface area contributed by atoms with E-state index in [2.05, 4.69) is 24.7 Å². The predicted molar refractivity (Wildman–Crippen MR) is 77.0 cm³/mol. The minimum atomic E-state index is 0.559. The van der Waals surface area contributed by atoms with Gasteiger partial charge in [0.1, 0.15) is 11.6 Å². The third kappa shape index (κ3) is 3.44. The fourth-order valence-corrected chi connectivity index (χ4v) is 2.18. The number of nitrogen functional groups attached to an aromatic ring is 1. The van der Waals surface area contributed by atoms with Crippen LogP contribution in [0.3, 0.4) is 0 Å². The van der Waals surface area contributed by atoms with Gasteiger partial charge in [-0.05, 0) is 25.5 Å². The molecule has 0 unspecified atom stereocenters. The molecule has 0 radical (unpaired) electrons. The van der Waals surface area contributed by atoms with Crippen molar-refractivity contribution in [2.24, 2.45) is 11.7 Å². The molecule has 1 aromatic heterocycles.